The lowest BCUT2D eigenvalue weighted by Crippen LogP contribution is -2.50. The van der Waals surface area contributed by atoms with Gasteiger partial charge in [0.15, 0.2) is 0 Å². The van der Waals surface area contributed by atoms with Crippen molar-refractivity contribution in [2.24, 2.45) is 0 Å². The molecule has 0 fully saturated rings. The van der Waals surface area contributed by atoms with E-state index in [1.165, 1.54) is 0 Å². The molecule has 0 spiro atoms. The summed E-state index contributed by atoms with van der Waals surface area (Å²) in [5.41, 5.74) is 1.97. The zero-order valence-electron chi connectivity index (χ0n) is 21.5. The molecule has 0 aromatic heterocycles. The van der Waals surface area contributed by atoms with Gasteiger partial charge < -0.3 is 19.7 Å². The van der Waals surface area contributed by atoms with E-state index in [0.29, 0.717) is 32.5 Å². The third-order valence-electron chi connectivity index (χ3n) is 5.95. The van der Waals surface area contributed by atoms with E-state index in [-0.39, 0.29) is 18.2 Å². The maximum atomic E-state index is 13.6. The molecule has 0 heterocycles. The van der Waals surface area contributed by atoms with Crippen LogP contribution < -0.4 is 14.8 Å². The van der Waals surface area contributed by atoms with E-state index < -0.39 is 6.04 Å². The molecule has 0 aliphatic rings. The Bertz CT molecular complexity index is 1100. The Balaban J connectivity index is 1.74. The molecule has 0 aliphatic carbocycles. The van der Waals surface area contributed by atoms with Crippen LogP contribution in [0.3, 0.4) is 0 Å². The molecule has 3 aromatic carbocycles. The number of rotatable bonds is 14. The van der Waals surface area contributed by atoms with Crippen LogP contribution in [0.1, 0.15) is 37.3 Å². The number of hydrogen-bond donors (Lipinski definition) is 1. The number of halogens is 1. The van der Waals surface area contributed by atoms with E-state index >= 15 is 0 Å². The number of ether oxygens (including phenoxy) is 2. The fourth-order valence-corrected chi connectivity index (χ4v) is 4.20. The Kier molecular flexibility index (Phi) is 11.5. The van der Waals surface area contributed by atoms with Gasteiger partial charge in [-0.1, -0.05) is 65.3 Å². The van der Waals surface area contributed by atoms with Crippen molar-refractivity contribution in [2.75, 3.05) is 20.3 Å². The van der Waals surface area contributed by atoms with Gasteiger partial charge >= 0.3 is 0 Å². The highest BCUT2D eigenvalue weighted by Gasteiger charge is 2.30. The molecule has 37 heavy (non-hydrogen) atoms. The van der Waals surface area contributed by atoms with Crippen molar-refractivity contribution in [3.05, 3.63) is 94.5 Å². The maximum absolute atomic E-state index is 13.6. The second-order valence-corrected chi connectivity index (χ2v) is 9.69. The largest absolute Gasteiger partial charge is 0.497 e. The minimum Gasteiger partial charge on any atom is -0.497 e. The highest BCUT2D eigenvalue weighted by Crippen LogP contribution is 2.20. The number of benzene rings is 3. The monoisotopic (exact) mass is 566 g/mol. The minimum atomic E-state index is -0.618. The van der Waals surface area contributed by atoms with Gasteiger partial charge in [0.2, 0.25) is 11.8 Å². The lowest BCUT2D eigenvalue weighted by Gasteiger charge is -2.31. The van der Waals surface area contributed by atoms with E-state index in [0.717, 1.165) is 33.5 Å². The number of amides is 2. The predicted molar refractivity (Wildman–Crippen MR) is 150 cm³/mol. The van der Waals surface area contributed by atoms with Gasteiger partial charge in [-0.2, -0.15) is 0 Å². The Labute approximate surface area is 228 Å². The SMILES string of the molecule is CCCNC(=O)C(Cc1ccccc1)N(Cc1ccc(Br)cc1)C(=O)CCCOc1ccc(OC)cc1. The summed E-state index contributed by atoms with van der Waals surface area (Å²) >= 11 is 3.47. The minimum absolute atomic E-state index is 0.0752. The fraction of sp³-hybridized carbons (Fsp3) is 0.333. The van der Waals surface area contributed by atoms with Gasteiger partial charge in [-0.05, 0) is 60.4 Å². The Hall–Kier alpha value is -3.32. The van der Waals surface area contributed by atoms with Crippen LogP contribution >= 0.6 is 15.9 Å². The van der Waals surface area contributed by atoms with Crippen LogP contribution in [0.2, 0.25) is 0 Å². The zero-order valence-corrected chi connectivity index (χ0v) is 23.1. The molecule has 0 aliphatic heterocycles. The molecule has 196 valence electrons. The number of carbonyl (C=O) groups is 2. The van der Waals surface area contributed by atoms with E-state index in [1.54, 1.807) is 12.0 Å². The molecule has 2 amide bonds. The van der Waals surface area contributed by atoms with Crippen molar-refractivity contribution in [2.45, 2.75) is 45.2 Å². The first-order valence-electron chi connectivity index (χ1n) is 12.6. The van der Waals surface area contributed by atoms with E-state index in [9.17, 15) is 9.59 Å². The highest BCUT2D eigenvalue weighted by atomic mass is 79.9. The maximum Gasteiger partial charge on any atom is 0.243 e. The molecule has 1 N–H and O–H groups in total. The van der Waals surface area contributed by atoms with Gasteiger partial charge in [-0.25, -0.2) is 0 Å². The molecule has 7 heteroatoms. The van der Waals surface area contributed by atoms with E-state index in [1.807, 2.05) is 85.8 Å². The predicted octanol–water partition coefficient (Wildman–Crippen LogP) is 5.78. The third-order valence-corrected chi connectivity index (χ3v) is 6.48. The summed E-state index contributed by atoms with van der Waals surface area (Å²) in [7, 11) is 1.62. The fourth-order valence-electron chi connectivity index (χ4n) is 3.94. The summed E-state index contributed by atoms with van der Waals surface area (Å²) in [5, 5.41) is 3.01. The normalized spacial score (nSPS) is 11.4. The molecular formula is C30H35BrN2O4. The quantitative estimate of drug-likeness (QED) is 0.251. The highest BCUT2D eigenvalue weighted by molar-refractivity contribution is 9.10. The topological polar surface area (TPSA) is 67.9 Å². The van der Waals surface area contributed by atoms with Crippen LogP contribution in [0.25, 0.3) is 0 Å². The van der Waals surface area contributed by atoms with Crippen molar-refractivity contribution >= 4 is 27.7 Å². The second-order valence-electron chi connectivity index (χ2n) is 8.77. The molecule has 1 unspecified atom stereocenters. The van der Waals surface area contributed by atoms with Crippen molar-refractivity contribution in [3.63, 3.8) is 0 Å². The average molecular weight is 568 g/mol. The van der Waals surface area contributed by atoms with Crippen LogP contribution in [-0.2, 0) is 22.6 Å². The summed E-state index contributed by atoms with van der Waals surface area (Å²) in [4.78, 5) is 28.6. The van der Waals surface area contributed by atoms with Crippen molar-refractivity contribution in [1.29, 1.82) is 0 Å². The van der Waals surface area contributed by atoms with Gasteiger partial charge in [-0.15, -0.1) is 0 Å². The molecule has 3 aromatic rings. The molecule has 3 rings (SSSR count). The lowest BCUT2D eigenvalue weighted by atomic mass is 10.0. The van der Waals surface area contributed by atoms with Crippen LogP contribution in [0, 0.1) is 0 Å². The van der Waals surface area contributed by atoms with Gasteiger partial charge in [-0.3, -0.25) is 9.59 Å². The first-order chi connectivity index (χ1) is 18.0. The van der Waals surface area contributed by atoms with Crippen molar-refractivity contribution in [3.8, 4) is 11.5 Å². The van der Waals surface area contributed by atoms with Crippen LogP contribution in [0.15, 0.2) is 83.3 Å². The smallest absolute Gasteiger partial charge is 0.243 e. The molecule has 6 nitrogen and oxygen atoms in total. The first-order valence-corrected chi connectivity index (χ1v) is 13.4. The molecule has 1 atom stereocenters. The van der Waals surface area contributed by atoms with E-state index in [4.69, 9.17) is 9.47 Å². The molecule has 0 bridgehead atoms. The van der Waals surface area contributed by atoms with Gasteiger partial charge in [0.05, 0.1) is 13.7 Å². The third kappa shape index (κ3) is 9.25. The number of methoxy groups -OCH3 is 1. The average Bonchev–Trinajstić information content (AvgIpc) is 2.93. The zero-order chi connectivity index (χ0) is 26.5. The number of hydrogen-bond acceptors (Lipinski definition) is 4. The lowest BCUT2D eigenvalue weighted by molar-refractivity contribution is -0.141. The van der Waals surface area contributed by atoms with Gasteiger partial charge in [0.25, 0.3) is 0 Å². The summed E-state index contributed by atoms with van der Waals surface area (Å²) in [6.07, 6.45) is 2.09. The number of nitrogens with zero attached hydrogens (tertiary/aromatic N) is 1. The summed E-state index contributed by atoms with van der Waals surface area (Å²) in [6.45, 7) is 3.33. The van der Waals surface area contributed by atoms with Crippen molar-refractivity contribution in [1.82, 2.24) is 10.2 Å². The molecule has 0 radical (unpaired) electrons. The van der Waals surface area contributed by atoms with Crippen LogP contribution in [0.4, 0.5) is 0 Å². The Morgan fingerprint density at radius 3 is 2.24 bits per heavy atom. The van der Waals surface area contributed by atoms with Gasteiger partial charge in [0.1, 0.15) is 17.5 Å². The summed E-state index contributed by atoms with van der Waals surface area (Å²) in [6, 6.07) is 24.4. The van der Waals surface area contributed by atoms with Crippen LogP contribution in [-0.4, -0.2) is 43.0 Å². The molecule has 0 saturated heterocycles. The molecular weight excluding hydrogens is 532 g/mol. The number of nitrogens with one attached hydrogen (secondary N) is 1. The van der Waals surface area contributed by atoms with Crippen LogP contribution in [0.5, 0.6) is 11.5 Å². The van der Waals surface area contributed by atoms with Gasteiger partial charge in [0, 0.05) is 30.4 Å². The first kappa shape index (κ1) is 28.3. The standard InChI is InChI=1S/C30H35BrN2O4/c1-3-19-32-30(35)28(21-23-8-5-4-6-9-23)33(22-24-11-13-25(31)14-12-24)29(34)10-7-20-37-27-17-15-26(36-2)16-18-27/h4-6,8-9,11-18,28H,3,7,10,19-22H2,1-2H3,(H,32,35). The summed E-state index contributed by atoms with van der Waals surface area (Å²) < 4.78 is 12.0. The Morgan fingerprint density at radius 1 is 0.919 bits per heavy atom. The Morgan fingerprint density at radius 2 is 1.59 bits per heavy atom. The van der Waals surface area contributed by atoms with E-state index in [2.05, 4.69) is 21.2 Å². The van der Waals surface area contributed by atoms with Crippen molar-refractivity contribution < 1.29 is 19.1 Å². The molecule has 0 saturated carbocycles. The number of carbonyl (C=O) groups excluding carboxylic acids is 2. The summed E-state index contributed by atoms with van der Waals surface area (Å²) in [5.74, 6) is 1.28. The second kappa shape index (κ2) is 15.1.